The van der Waals surface area contributed by atoms with Crippen LogP contribution in [0, 0.1) is 0 Å². The Balaban J connectivity index is 2.23. The number of rotatable bonds is 5. The van der Waals surface area contributed by atoms with Crippen molar-refractivity contribution in [2.45, 2.75) is 26.2 Å². The molecule has 0 unspecified atom stereocenters. The van der Waals surface area contributed by atoms with Gasteiger partial charge in [0.2, 0.25) is 0 Å². The average Bonchev–Trinajstić information content (AvgIpc) is 2.91. The first-order valence-corrected chi connectivity index (χ1v) is 6.45. The second kappa shape index (κ2) is 6.07. The first-order chi connectivity index (χ1) is 9.95. The van der Waals surface area contributed by atoms with Gasteiger partial charge in [0, 0.05) is 18.4 Å². The average molecular weight is 299 g/mol. The minimum absolute atomic E-state index is 0.0205. The third-order valence-electron chi connectivity index (χ3n) is 3.10. The summed E-state index contributed by atoms with van der Waals surface area (Å²) < 4.78 is 45.8. The Labute approximate surface area is 120 Å². The van der Waals surface area contributed by atoms with Crippen LogP contribution in [0.4, 0.5) is 18.9 Å². The van der Waals surface area contributed by atoms with Crippen molar-refractivity contribution >= 4 is 5.69 Å². The van der Waals surface area contributed by atoms with E-state index in [4.69, 9.17) is 4.74 Å². The van der Waals surface area contributed by atoms with Gasteiger partial charge in [-0.05, 0) is 31.2 Å². The lowest BCUT2D eigenvalue weighted by Gasteiger charge is -2.16. The highest BCUT2D eigenvalue weighted by molar-refractivity contribution is 5.55. The van der Waals surface area contributed by atoms with E-state index in [1.54, 1.807) is 16.9 Å². The predicted molar refractivity (Wildman–Crippen MR) is 73.2 cm³/mol. The zero-order chi connectivity index (χ0) is 15.5. The number of benzene rings is 1. The third kappa shape index (κ3) is 3.48. The highest BCUT2D eigenvalue weighted by Crippen LogP contribution is 2.37. The molecule has 0 aliphatic carbocycles. The molecule has 7 heteroatoms. The number of methoxy groups -OCH3 is 1. The van der Waals surface area contributed by atoms with Gasteiger partial charge in [0.25, 0.3) is 0 Å². The molecular weight excluding hydrogens is 283 g/mol. The Kier molecular flexibility index (Phi) is 4.40. The summed E-state index contributed by atoms with van der Waals surface area (Å²) in [7, 11) is 1.34. The number of alkyl halides is 3. The molecule has 4 nitrogen and oxygen atoms in total. The molecule has 0 aliphatic rings. The van der Waals surface area contributed by atoms with Crippen LogP contribution in [0.1, 0.15) is 18.2 Å². The minimum atomic E-state index is -4.44. The highest BCUT2D eigenvalue weighted by atomic mass is 19.4. The molecule has 1 aromatic carbocycles. The van der Waals surface area contributed by atoms with Gasteiger partial charge in [-0.1, -0.05) is 0 Å². The zero-order valence-corrected chi connectivity index (χ0v) is 11.7. The number of aromatic nitrogens is 2. The van der Waals surface area contributed by atoms with Gasteiger partial charge in [-0.2, -0.15) is 18.3 Å². The summed E-state index contributed by atoms with van der Waals surface area (Å²) in [5.41, 5.74) is 0.0954. The van der Waals surface area contributed by atoms with E-state index in [0.29, 0.717) is 6.54 Å². The monoisotopic (exact) mass is 299 g/mol. The first-order valence-electron chi connectivity index (χ1n) is 6.45. The van der Waals surface area contributed by atoms with Gasteiger partial charge in [0.1, 0.15) is 5.75 Å². The predicted octanol–water partition coefficient (Wildman–Crippen LogP) is 3.54. The smallest absolute Gasteiger partial charge is 0.418 e. The van der Waals surface area contributed by atoms with Crippen LogP contribution in [-0.2, 0) is 19.3 Å². The Morgan fingerprint density at radius 2 is 2.05 bits per heavy atom. The molecular formula is C14H16F3N3O. The van der Waals surface area contributed by atoms with Crippen molar-refractivity contribution in [3.05, 3.63) is 41.7 Å². The first kappa shape index (κ1) is 15.2. The molecule has 1 N–H and O–H groups in total. The molecule has 0 bridgehead atoms. The summed E-state index contributed by atoms with van der Waals surface area (Å²) in [4.78, 5) is 0. The van der Waals surface area contributed by atoms with E-state index < -0.39 is 11.7 Å². The molecule has 0 spiro atoms. The number of aryl methyl sites for hydroxylation is 1. The summed E-state index contributed by atoms with van der Waals surface area (Å²) in [5, 5.41) is 6.89. The SMILES string of the molecule is CCn1nccc1CNc1ccc(OC)cc1C(F)(F)F. The summed E-state index contributed by atoms with van der Waals surface area (Å²) in [5.74, 6) is 0.173. The second-order valence-corrected chi connectivity index (χ2v) is 4.40. The maximum atomic E-state index is 13.1. The van der Waals surface area contributed by atoms with E-state index in [1.807, 2.05) is 6.92 Å². The van der Waals surface area contributed by atoms with Gasteiger partial charge >= 0.3 is 6.18 Å². The Morgan fingerprint density at radius 3 is 2.67 bits per heavy atom. The molecule has 0 saturated heterocycles. The fourth-order valence-electron chi connectivity index (χ4n) is 2.02. The lowest BCUT2D eigenvalue weighted by Crippen LogP contribution is -2.13. The molecule has 21 heavy (non-hydrogen) atoms. The van der Waals surface area contributed by atoms with E-state index in [2.05, 4.69) is 10.4 Å². The highest BCUT2D eigenvalue weighted by Gasteiger charge is 2.34. The van der Waals surface area contributed by atoms with E-state index in [9.17, 15) is 13.2 Å². The fraction of sp³-hybridized carbons (Fsp3) is 0.357. The van der Waals surface area contributed by atoms with Crippen molar-refractivity contribution in [1.82, 2.24) is 9.78 Å². The standard InChI is InChI=1S/C14H16F3N3O/c1-3-20-10(6-7-19-20)9-18-13-5-4-11(21-2)8-12(13)14(15,16)17/h4-8,18H,3,9H2,1-2H3. The van der Waals surface area contributed by atoms with Crippen molar-refractivity contribution in [1.29, 1.82) is 0 Å². The number of hydrogen-bond donors (Lipinski definition) is 1. The van der Waals surface area contributed by atoms with E-state index in [1.165, 1.54) is 19.2 Å². The molecule has 1 aromatic heterocycles. The van der Waals surface area contributed by atoms with Crippen molar-refractivity contribution < 1.29 is 17.9 Å². The quantitative estimate of drug-likeness (QED) is 0.918. The van der Waals surface area contributed by atoms with Crippen LogP contribution in [0.15, 0.2) is 30.5 Å². The molecule has 0 saturated carbocycles. The molecule has 1 heterocycles. The maximum Gasteiger partial charge on any atom is 0.418 e. The molecule has 0 radical (unpaired) electrons. The summed E-state index contributed by atoms with van der Waals surface area (Å²) in [6.07, 6.45) is -2.82. The van der Waals surface area contributed by atoms with Gasteiger partial charge in [-0.25, -0.2) is 0 Å². The summed E-state index contributed by atoms with van der Waals surface area (Å²) in [6, 6.07) is 5.62. The van der Waals surface area contributed by atoms with Crippen LogP contribution in [0.5, 0.6) is 5.75 Å². The number of halogens is 3. The minimum Gasteiger partial charge on any atom is -0.497 e. The van der Waals surface area contributed by atoms with E-state index in [0.717, 1.165) is 11.8 Å². The van der Waals surface area contributed by atoms with Gasteiger partial charge in [-0.15, -0.1) is 0 Å². The fourth-order valence-corrected chi connectivity index (χ4v) is 2.02. The van der Waals surface area contributed by atoms with Crippen molar-refractivity contribution in [3.63, 3.8) is 0 Å². The van der Waals surface area contributed by atoms with Crippen molar-refractivity contribution in [3.8, 4) is 5.75 Å². The van der Waals surface area contributed by atoms with Crippen LogP contribution in [0.25, 0.3) is 0 Å². The Bertz CT molecular complexity index is 608. The van der Waals surface area contributed by atoms with Gasteiger partial charge in [0.05, 0.1) is 24.9 Å². The van der Waals surface area contributed by atoms with Crippen LogP contribution < -0.4 is 10.1 Å². The lowest BCUT2D eigenvalue weighted by atomic mass is 10.1. The van der Waals surface area contributed by atoms with Gasteiger partial charge in [0.15, 0.2) is 0 Å². The Hall–Kier alpha value is -2.18. The summed E-state index contributed by atoms with van der Waals surface area (Å²) in [6.45, 7) is 2.85. The maximum absolute atomic E-state index is 13.1. The number of nitrogens with one attached hydrogen (secondary N) is 1. The molecule has 0 amide bonds. The molecule has 0 aliphatic heterocycles. The van der Waals surface area contributed by atoms with Crippen LogP contribution in [0.3, 0.4) is 0 Å². The third-order valence-corrected chi connectivity index (χ3v) is 3.10. The van der Waals surface area contributed by atoms with Crippen molar-refractivity contribution in [2.24, 2.45) is 0 Å². The molecule has 0 fully saturated rings. The molecule has 0 atom stereocenters. The molecule has 2 rings (SSSR count). The second-order valence-electron chi connectivity index (χ2n) is 4.40. The van der Waals surface area contributed by atoms with E-state index >= 15 is 0 Å². The molecule has 114 valence electrons. The van der Waals surface area contributed by atoms with Crippen molar-refractivity contribution in [2.75, 3.05) is 12.4 Å². The number of ether oxygens (including phenoxy) is 1. The molecule has 2 aromatic rings. The lowest BCUT2D eigenvalue weighted by molar-refractivity contribution is -0.137. The van der Waals surface area contributed by atoms with E-state index in [-0.39, 0.29) is 18.0 Å². The zero-order valence-electron chi connectivity index (χ0n) is 11.7. The topological polar surface area (TPSA) is 39.1 Å². The van der Waals surface area contributed by atoms with Crippen LogP contribution in [0.2, 0.25) is 0 Å². The summed E-state index contributed by atoms with van der Waals surface area (Å²) >= 11 is 0. The number of nitrogens with zero attached hydrogens (tertiary/aromatic N) is 2. The normalized spacial score (nSPS) is 11.5. The number of hydrogen-bond acceptors (Lipinski definition) is 3. The van der Waals surface area contributed by atoms with Crippen LogP contribution in [-0.4, -0.2) is 16.9 Å². The van der Waals surface area contributed by atoms with Gasteiger partial charge < -0.3 is 10.1 Å². The number of anilines is 1. The Morgan fingerprint density at radius 1 is 1.29 bits per heavy atom. The largest absolute Gasteiger partial charge is 0.497 e. The van der Waals surface area contributed by atoms with Crippen LogP contribution >= 0.6 is 0 Å². The van der Waals surface area contributed by atoms with Gasteiger partial charge in [-0.3, -0.25) is 4.68 Å².